The van der Waals surface area contributed by atoms with Crippen LogP contribution in [0.15, 0.2) is 33.6 Å². The molecule has 0 aliphatic carbocycles. The van der Waals surface area contributed by atoms with Gasteiger partial charge in [0.25, 0.3) is 0 Å². The fourth-order valence-electron chi connectivity index (χ4n) is 1.21. The van der Waals surface area contributed by atoms with Crippen LogP contribution in [0.2, 0.25) is 0 Å². The molecule has 0 aliphatic heterocycles. The van der Waals surface area contributed by atoms with Gasteiger partial charge in [-0.25, -0.2) is 4.21 Å². The Morgan fingerprint density at radius 1 is 1.15 bits per heavy atom. The SMILES string of the molecule is CC(=N[S@@](=O)C(C)(C)C)c1ccc(SC(F)(F)F)cc1. The second-order valence-electron chi connectivity index (χ2n) is 5.11. The van der Waals surface area contributed by atoms with Crippen LogP contribution in [-0.2, 0) is 11.0 Å². The van der Waals surface area contributed by atoms with Crippen molar-refractivity contribution < 1.29 is 17.4 Å². The number of thioether (sulfide) groups is 1. The van der Waals surface area contributed by atoms with E-state index in [-0.39, 0.29) is 16.7 Å². The normalized spacial score (nSPS) is 15.2. The van der Waals surface area contributed by atoms with E-state index in [2.05, 4.69) is 4.40 Å². The topological polar surface area (TPSA) is 29.4 Å². The second-order valence-corrected chi connectivity index (χ2v) is 8.15. The van der Waals surface area contributed by atoms with E-state index in [1.54, 1.807) is 19.1 Å². The van der Waals surface area contributed by atoms with Gasteiger partial charge in [-0.2, -0.15) is 17.6 Å². The first-order valence-corrected chi connectivity index (χ1v) is 7.75. The van der Waals surface area contributed by atoms with Crippen molar-refractivity contribution in [1.29, 1.82) is 0 Å². The van der Waals surface area contributed by atoms with Crippen LogP contribution in [0.5, 0.6) is 0 Å². The van der Waals surface area contributed by atoms with Gasteiger partial charge in [0.1, 0.15) is 11.0 Å². The maximum absolute atomic E-state index is 12.2. The lowest BCUT2D eigenvalue weighted by molar-refractivity contribution is -0.0328. The molecule has 0 bridgehead atoms. The molecule has 1 rings (SSSR count). The number of halogens is 3. The van der Waals surface area contributed by atoms with Crippen molar-refractivity contribution in [2.75, 3.05) is 0 Å². The first kappa shape index (κ1) is 17.2. The van der Waals surface area contributed by atoms with Crippen molar-refractivity contribution in [3.63, 3.8) is 0 Å². The number of hydrogen-bond acceptors (Lipinski definition) is 2. The average Bonchev–Trinajstić information content (AvgIpc) is 2.26. The van der Waals surface area contributed by atoms with Gasteiger partial charge in [-0.15, -0.1) is 0 Å². The lowest BCUT2D eigenvalue weighted by atomic mass is 10.1. The minimum Gasteiger partial charge on any atom is -0.234 e. The summed E-state index contributed by atoms with van der Waals surface area (Å²) in [7, 11) is -1.39. The monoisotopic (exact) mass is 323 g/mol. The molecule has 0 radical (unpaired) electrons. The van der Waals surface area contributed by atoms with Gasteiger partial charge >= 0.3 is 5.51 Å². The van der Waals surface area contributed by atoms with E-state index < -0.39 is 21.2 Å². The van der Waals surface area contributed by atoms with Crippen LogP contribution in [0.25, 0.3) is 0 Å². The summed E-state index contributed by atoms with van der Waals surface area (Å²) in [5.41, 5.74) is -3.09. The third-order valence-electron chi connectivity index (χ3n) is 2.25. The van der Waals surface area contributed by atoms with Gasteiger partial charge in [-0.05, 0) is 57.2 Å². The summed E-state index contributed by atoms with van der Waals surface area (Å²) in [5.74, 6) is 0. The molecule has 7 heteroatoms. The quantitative estimate of drug-likeness (QED) is 0.602. The molecule has 0 saturated heterocycles. The molecule has 0 spiro atoms. The molecule has 112 valence electrons. The van der Waals surface area contributed by atoms with Crippen molar-refractivity contribution >= 4 is 28.5 Å². The van der Waals surface area contributed by atoms with E-state index >= 15 is 0 Å². The maximum Gasteiger partial charge on any atom is 0.446 e. The Morgan fingerprint density at radius 2 is 1.65 bits per heavy atom. The minimum absolute atomic E-state index is 0.117. The molecule has 0 saturated carbocycles. The Morgan fingerprint density at radius 3 is 2.05 bits per heavy atom. The third kappa shape index (κ3) is 5.66. The average molecular weight is 323 g/mol. The number of rotatable bonds is 3. The van der Waals surface area contributed by atoms with Crippen molar-refractivity contribution in [1.82, 2.24) is 0 Å². The summed E-state index contributed by atoms with van der Waals surface area (Å²) in [6, 6.07) is 5.86. The summed E-state index contributed by atoms with van der Waals surface area (Å²) in [6.45, 7) is 7.12. The number of nitrogens with zero attached hydrogens (tertiary/aromatic N) is 1. The first-order valence-electron chi connectivity index (χ1n) is 5.82. The Bertz CT molecular complexity index is 516. The minimum atomic E-state index is -4.29. The summed E-state index contributed by atoms with van der Waals surface area (Å²) < 4.78 is 52.1. The molecule has 2 nitrogen and oxygen atoms in total. The molecule has 1 aromatic carbocycles. The maximum atomic E-state index is 12.2. The number of hydrogen-bond donors (Lipinski definition) is 0. The molecule has 0 aliphatic rings. The molecule has 1 aromatic rings. The highest BCUT2D eigenvalue weighted by atomic mass is 32.2. The standard InChI is InChI=1S/C13H16F3NOS2/c1-9(17-20(18)12(2,3)4)10-5-7-11(8-6-10)19-13(14,15)16/h5-8H,1-4H3/t20-/m0/s1. The third-order valence-corrected chi connectivity index (χ3v) is 4.48. The van der Waals surface area contributed by atoms with Crippen molar-refractivity contribution in [2.24, 2.45) is 4.40 Å². The smallest absolute Gasteiger partial charge is 0.234 e. The van der Waals surface area contributed by atoms with Gasteiger partial charge in [0, 0.05) is 4.90 Å². The summed E-state index contributed by atoms with van der Waals surface area (Å²) in [4.78, 5) is 0.117. The predicted molar refractivity (Wildman–Crippen MR) is 78.5 cm³/mol. The zero-order valence-corrected chi connectivity index (χ0v) is 13.2. The van der Waals surface area contributed by atoms with Crippen LogP contribution in [0.1, 0.15) is 33.3 Å². The van der Waals surface area contributed by atoms with Crippen molar-refractivity contribution in [2.45, 2.75) is 42.8 Å². The Hall–Kier alpha value is -0.820. The molecule has 0 N–H and O–H groups in total. The zero-order valence-electron chi connectivity index (χ0n) is 11.6. The fourth-order valence-corrected chi connectivity index (χ4v) is 2.38. The van der Waals surface area contributed by atoms with Crippen LogP contribution >= 0.6 is 11.8 Å². The van der Waals surface area contributed by atoms with Gasteiger partial charge in [0.05, 0.1) is 10.5 Å². The molecule has 0 fully saturated rings. The summed E-state index contributed by atoms with van der Waals surface area (Å²) in [6.07, 6.45) is 0. The van der Waals surface area contributed by atoms with Crippen LogP contribution < -0.4 is 0 Å². The van der Waals surface area contributed by atoms with E-state index in [1.165, 1.54) is 12.1 Å². The predicted octanol–water partition coefficient (Wildman–Crippen LogP) is 4.57. The largest absolute Gasteiger partial charge is 0.446 e. The Balaban J connectivity index is 2.89. The highest BCUT2D eigenvalue weighted by Gasteiger charge is 2.29. The number of alkyl halides is 3. The number of benzene rings is 1. The van der Waals surface area contributed by atoms with Crippen LogP contribution in [-0.4, -0.2) is 20.2 Å². The van der Waals surface area contributed by atoms with E-state index in [4.69, 9.17) is 0 Å². The van der Waals surface area contributed by atoms with E-state index in [9.17, 15) is 17.4 Å². The molecule has 0 unspecified atom stereocenters. The highest BCUT2D eigenvalue weighted by Crippen LogP contribution is 2.36. The van der Waals surface area contributed by atoms with Crippen LogP contribution in [0, 0.1) is 0 Å². The molecule has 0 aromatic heterocycles. The van der Waals surface area contributed by atoms with Crippen LogP contribution in [0.3, 0.4) is 0 Å². The van der Waals surface area contributed by atoms with Crippen molar-refractivity contribution in [3.05, 3.63) is 29.8 Å². The van der Waals surface area contributed by atoms with Gasteiger partial charge in [-0.3, -0.25) is 0 Å². The van der Waals surface area contributed by atoms with E-state index in [1.807, 2.05) is 20.8 Å². The zero-order chi connectivity index (χ0) is 15.6. The molecular weight excluding hydrogens is 307 g/mol. The lowest BCUT2D eigenvalue weighted by Crippen LogP contribution is -2.20. The summed E-state index contributed by atoms with van der Waals surface area (Å²) >= 11 is -0.161. The molecular formula is C13H16F3NOS2. The fraction of sp³-hybridized carbons (Fsp3) is 0.462. The van der Waals surface area contributed by atoms with Gasteiger partial charge in [-0.1, -0.05) is 12.1 Å². The molecule has 20 heavy (non-hydrogen) atoms. The molecule has 0 heterocycles. The lowest BCUT2D eigenvalue weighted by Gasteiger charge is -2.14. The Labute approximate surface area is 123 Å². The first-order chi connectivity index (χ1) is 8.99. The Kier molecular flexibility index (Phi) is 5.43. The van der Waals surface area contributed by atoms with E-state index in [0.717, 1.165) is 0 Å². The van der Waals surface area contributed by atoms with E-state index in [0.29, 0.717) is 11.3 Å². The second kappa shape index (κ2) is 6.30. The van der Waals surface area contributed by atoms with Gasteiger partial charge in [0.2, 0.25) is 0 Å². The molecule has 0 amide bonds. The van der Waals surface area contributed by atoms with Gasteiger partial charge in [0.15, 0.2) is 0 Å². The van der Waals surface area contributed by atoms with Gasteiger partial charge < -0.3 is 0 Å². The summed E-state index contributed by atoms with van der Waals surface area (Å²) in [5, 5.41) is 0. The highest BCUT2D eigenvalue weighted by molar-refractivity contribution is 8.00. The van der Waals surface area contributed by atoms with Crippen LogP contribution in [0.4, 0.5) is 13.2 Å². The van der Waals surface area contributed by atoms with Crippen molar-refractivity contribution in [3.8, 4) is 0 Å². The molecule has 1 atom stereocenters.